The smallest absolute Gasteiger partial charge is 0.244 e. The highest BCUT2D eigenvalue weighted by atomic mass is 35.5. The number of nitrogens with zero attached hydrogens (tertiary/aromatic N) is 2. The van der Waals surface area contributed by atoms with E-state index in [0.717, 1.165) is 0 Å². The number of ether oxygens (including phenoxy) is 2. The number of aryl methyl sites for hydroxylation is 1. The van der Waals surface area contributed by atoms with Crippen LogP contribution in [0, 0.1) is 6.92 Å². The average Bonchev–Trinajstić information content (AvgIpc) is 2.99. The monoisotopic (exact) mass is 481 g/mol. The molecule has 0 aliphatic carbocycles. The average molecular weight is 482 g/mol. The SMILES string of the molecule is COc1ccc(NC(=O)CN2CCCN(S(=O)(=O)c3c(C)cccc3Cl)CC2)c(OC)c1. The van der Waals surface area contributed by atoms with Crippen molar-refractivity contribution in [1.29, 1.82) is 0 Å². The van der Waals surface area contributed by atoms with Crippen molar-refractivity contribution in [3.63, 3.8) is 0 Å². The first-order valence-electron chi connectivity index (χ1n) is 10.3. The first kappa shape index (κ1) is 24.3. The van der Waals surface area contributed by atoms with Crippen LogP contribution in [-0.2, 0) is 14.8 Å². The molecule has 1 heterocycles. The summed E-state index contributed by atoms with van der Waals surface area (Å²) in [6.45, 7) is 3.59. The summed E-state index contributed by atoms with van der Waals surface area (Å²) in [5, 5.41) is 3.07. The third-order valence-electron chi connectivity index (χ3n) is 5.36. The lowest BCUT2D eigenvalue weighted by molar-refractivity contribution is -0.117. The number of rotatable bonds is 7. The molecule has 0 unspecified atom stereocenters. The fraction of sp³-hybridized carbons (Fsp3) is 0.409. The number of carbonyl (C=O) groups is 1. The second kappa shape index (κ2) is 10.5. The summed E-state index contributed by atoms with van der Waals surface area (Å²) >= 11 is 6.21. The molecule has 0 saturated carbocycles. The highest BCUT2D eigenvalue weighted by Crippen LogP contribution is 2.30. The van der Waals surface area contributed by atoms with E-state index in [1.54, 1.807) is 50.4 Å². The van der Waals surface area contributed by atoms with Crippen molar-refractivity contribution < 1.29 is 22.7 Å². The predicted molar refractivity (Wildman–Crippen MR) is 124 cm³/mol. The Morgan fingerprint density at radius 3 is 2.56 bits per heavy atom. The number of carbonyl (C=O) groups excluding carboxylic acids is 1. The van der Waals surface area contributed by atoms with Crippen LogP contribution in [0.1, 0.15) is 12.0 Å². The third-order valence-corrected chi connectivity index (χ3v) is 7.89. The summed E-state index contributed by atoms with van der Waals surface area (Å²) < 4.78 is 38.3. The van der Waals surface area contributed by atoms with Crippen molar-refractivity contribution in [3.05, 3.63) is 47.0 Å². The van der Waals surface area contributed by atoms with E-state index in [1.165, 1.54) is 11.4 Å². The third kappa shape index (κ3) is 5.53. The highest BCUT2D eigenvalue weighted by Gasteiger charge is 2.30. The van der Waals surface area contributed by atoms with Crippen molar-refractivity contribution in [3.8, 4) is 11.5 Å². The summed E-state index contributed by atoms with van der Waals surface area (Å²) in [7, 11) is -0.636. The Bertz CT molecular complexity index is 1060. The van der Waals surface area contributed by atoms with E-state index in [2.05, 4.69) is 5.32 Å². The molecule has 0 radical (unpaired) electrons. The van der Waals surface area contributed by atoms with Gasteiger partial charge in [-0.15, -0.1) is 0 Å². The molecule has 1 amide bonds. The molecule has 0 bridgehead atoms. The number of benzene rings is 2. The summed E-state index contributed by atoms with van der Waals surface area (Å²) in [5.74, 6) is 0.926. The Morgan fingerprint density at radius 1 is 1.09 bits per heavy atom. The second-order valence-corrected chi connectivity index (χ2v) is 9.82. The van der Waals surface area contributed by atoms with Gasteiger partial charge in [0, 0.05) is 25.7 Å². The van der Waals surface area contributed by atoms with Crippen LogP contribution in [0.2, 0.25) is 5.02 Å². The highest BCUT2D eigenvalue weighted by molar-refractivity contribution is 7.89. The van der Waals surface area contributed by atoms with Gasteiger partial charge in [0.15, 0.2) is 0 Å². The summed E-state index contributed by atoms with van der Waals surface area (Å²) in [6.07, 6.45) is 0.613. The molecule has 3 rings (SSSR count). The van der Waals surface area contributed by atoms with Gasteiger partial charge in [-0.3, -0.25) is 9.69 Å². The number of methoxy groups -OCH3 is 2. The number of sulfonamides is 1. The van der Waals surface area contributed by atoms with Crippen LogP contribution >= 0.6 is 11.6 Å². The van der Waals surface area contributed by atoms with E-state index < -0.39 is 10.0 Å². The largest absolute Gasteiger partial charge is 0.497 e. The Kier molecular flexibility index (Phi) is 8.00. The number of halogens is 1. The molecule has 1 fully saturated rings. The topological polar surface area (TPSA) is 88.2 Å². The van der Waals surface area contributed by atoms with Gasteiger partial charge < -0.3 is 14.8 Å². The number of amides is 1. The molecular weight excluding hydrogens is 454 g/mol. The minimum Gasteiger partial charge on any atom is -0.497 e. The normalized spacial score (nSPS) is 15.8. The zero-order valence-electron chi connectivity index (χ0n) is 18.4. The van der Waals surface area contributed by atoms with Crippen LogP contribution < -0.4 is 14.8 Å². The molecule has 2 aromatic rings. The van der Waals surface area contributed by atoms with Crippen LogP contribution in [0.5, 0.6) is 11.5 Å². The van der Waals surface area contributed by atoms with Crippen LogP contribution in [-0.4, -0.2) is 70.5 Å². The van der Waals surface area contributed by atoms with Gasteiger partial charge in [-0.25, -0.2) is 8.42 Å². The van der Waals surface area contributed by atoms with Gasteiger partial charge in [0.05, 0.1) is 31.5 Å². The van der Waals surface area contributed by atoms with E-state index in [4.69, 9.17) is 21.1 Å². The maximum Gasteiger partial charge on any atom is 0.244 e. The Hall–Kier alpha value is -2.33. The second-order valence-electron chi connectivity index (χ2n) is 7.53. The quantitative estimate of drug-likeness (QED) is 0.654. The van der Waals surface area contributed by atoms with Gasteiger partial charge in [-0.05, 0) is 43.7 Å². The number of anilines is 1. The molecule has 1 N–H and O–H groups in total. The summed E-state index contributed by atoms with van der Waals surface area (Å²) in [4.78, 5) is 14.7. The van der Waals surface area contributed by atoms with E-state index in [-0.39, 0.29) is 28.9 Å². The van der Waals surface area contributed by atoms with Gasteiger partial charge >= 0.3 is 0 Å². The van der Waals surface area contributed by atoms with E-state index >= 15 is 0 Å². The predicted octanol–water partition coefficient (Wildman–Crippen LogP) is 3.00. The van der Waals surface area contributed by atoms with Gasteiger partial charge in [-0.2, -0.15) is 4.31 Å². The molecule has 8 nitrogen and oxygen atoms in total. The van der Waals surface area contributed by atoms with Crippen LogP contribution in [0.25, 0.3) is 0 Å². The molecule has 0 spiro atoms. The van der Waals surface area contributed by atoms with Crippen molar-refractivity contribution in [2.45, 2.75) is 18.2 Å². The van der Waals surface area contributed by atoms with Crippen molar-refractivity contribution in [2.24, 2.45) is 0 Å². The number of hydrogen-bond acceptors (Lipinski definition) is 6. The Morgan fingerprint density at radius 2 is 1.88 bits per heavy atom. The van der Waals surface area contributed by atoms with Gasteiger partial charge in [0.1, 0.15) is 16.4 Å². The molecule has 1 aliphatic rings. The van der Waals surface area contributed by atoms with Gasteiger partial charge in [-0.1, -0.05) is 23.7 Å². The first-order chi connectivity index (χ1) is 15.3. The van der Waals surface area contributed by atoms with Crippen molar-refractivity contribution in [1.82, 2.24) is 9.21 Å². The fourth-order valence-corrected chi connectivity index (χ4v) is 5.97. The molecular formula is C22H28ClN3O5S. The van der Waals surface area contributed by atoms with Crippen LogP contribution in [0.3, 0.4) is 0 Å². The first-order valence-corrected chi connectivity index (χ1v) is 12.1. The van der Waals surface area contributed by atoms with Crippen LogP contribution in [0.4, 0.5) is 5.69 Å². The molecule has 32 heavy (non-hydrogen) atoms. The molecule has 0 atom stereocenters. The summed E-state index contributed by atoms with van der Waals surface area (Å²) in [6, 6.07) is 10.2. The van der Waals surface area contributed by atoms with Crippen molar-refractivity contribution >= 4 is 33.2 Å². The molecule has 2 aromatic carbocycles. The fourth-order valence-electron chi connectivity index (χ4n) is 3.71. The lowest BCUT2D eigenvalue weighted by Crippen LogP contribution is -2.38. The lowest BCUT2D eigenvalue weighted by Gasteiger charge is -2.23. The Labute approximate surface area is 194 Å². The minimum atomic E-state index is -3.72. The summed E-state index contributed by atoms with van der Waals surface area (Å²) in [5.41, 5.74) is 1.16. The standard InChI is InChI=1S/C22H28ClN3O5S/c1-16-6-4-7-18(23)22(16)32(28,29)26-11-5-10-25(12-13-26)15-21(27)24-19-9-8-17(30-2)14-20(19)31-3/h4,6-9,14H,5,10-13,15H2,1-3H3,(H,24,27). The minimum absolute atomic E-state index is 0.147. The van der Waals surface area contributed by atoms with Gasteiger partial charge in [0.25, 0.3) is 0 Å². The lowest BCUT2D eigenvalue weighted by atomic mass is 10.2. The number of nitrogens with one attached hydrogen (secondary N) is 1. The molecule has 10 heteroatoms. The molecule has 0 aromatic heterocycles. The van der Waals surface area contributed by atoms with E-state index in [0.29, 0.717) is 48.8 Å². The van der Waals surface area contributed by atoms with Crippen LogP contribution in [0.15, 0.2) is 41.3 Å². The van der Waals surface area contributed by atoms with Gasteiger partial charge in [0.2, 0.25) is 15.9 Å². The maximum atomic E-state index is 13.2. The molecule has 1 saturated heterocycles. The molecule has 174 valence electrons. The zero-order valence-corrected chi connectivity index (χ0v) is 20.0. The number of hydrogen-bond donors (Lipinski definition) is 1. The Balaban J connectivity index is 1.64. The van der Waals surface area contributed by atoms with Crippen molar-refractivity contribution in [2.75, 3.05) is 52.3 Å². The maximum absolute atomic E-state index is 13.2. The molecule has 1 aliphatic heterocycles. The van der Waals surface area contributed by atoms with E-state index in [1.807, 2.05) is 4.90 Å². The van der Waals surface area contributed by atoms with E-state index in [9.17, 15) is 13.2 Å². The zero-order chi connectivity index (χ0) is 23.3.